The number of anilines is 2. The number of nitrogens with zero attached hydrogens (tertiary/aromatic N) is 2. The number of likely N-dealkylation sites (N-methyl/N-ethyl adjacent to an activating group) is 1. The smallest absolute Gasteiger partial charge is 0.151 e. The van der Waals surface area contributed by atoms with E-state index in [0.717, 1.165) is 4.47 Å². The Balaban J connectivity index is 2.87. The van der Waals surface area contributed by atoms with E-state index < -0.39 is 5.60 Å². The van der Waals surface area contributed by atoms with Gasteiger partial charge in [-0.05, 0) is 35.8 Å². The Kier molecular flexibility index (Phi) is 3.57. The first kappa shape index (κ1) is 12.3. The largest absolute Gasteiger partial charge is 0.396 e. The number of nitrogen functional groups attached to an aromatic ring is 1. The lowest BCUT2D eigenvalue weighted by Crippen LogP contribution is -2.36. The van der Waals surface area contributed by atoms with Crippen LogP contribution in [-0.4, -0.2) is 29.3 Å². The normalized spacial score (nSPS) is 11.5. The molecule has 4 nitrogen and oxygen atoms in total. The molecule has 1 aromatic rings. The predicted octanol–water partition coefficient (Wildman–Crippen LogP) is 1.63. The van der Waals surface area contributed by atoms with Crippen molar-refractivity contribution in [3.8, 4) is 0 Å². The van der Waals surface area contributed by atoms with Crippen molar-refractivity contribution in [2.24, 2.45) is 0 Å². The molecule has 0 atom stereocenters. The minimum absolute atomic E-state index is 0.478. The lowest BCUT2D eigenvalue weighted by Gasteiger charge is -2.27. The van der Waals surface area contributed by atoms with Crippen LogP contribution in [0.15, 0.2) is 16.7 Å². The number of nitrogens with two attached hydrogens (primary N) is 1. The second-order valence-electron chi connectivity index (χ2n) is 4.23. The van der Waals surface area contributed by atoms with Gasteiger partial charge >= 0.3 is 0 Å². The summed E-state index contributed by atoms with van der Waals surface area (Å²) < 4.78 is 0.848. The van der Waals surface area contributed by atoms with Gasteiger partial charge in [0.05, 0.1) is 11.3 Å². The third kappa shape index (κ3) is 3.68. The van der Waals surface area contributed by atoms with Crippen LogP contribution in [0.3, 0.4) is 0 Å². The topological polar surface area (TPSA) is 62.4 Å². The predicted molar refractivity (Wildman–Crippen MR) is 65.9 cm³/mol. The van der Waals surface area contributed by atoms with Crippen LogP contribution in [0.5, 0.6) is 0 Å². The van der Waals surface area contributed by atoms with Crippen LogP contribution in [0.4, 0.5) is 11.5 Å². The van der Waals surface area contributed by atoms with E-state index in [4.69, 9.17) is 5.73 Å². The molecule has 84 valence electrons. The highest BCUT2D eigenvalue weighted by Gasteiger charge is 2.17. The highest BCUT2D eigenvalue weighted by atomic mass is 79.9. The molecule has 0 aliphatic rings. The van der Waals surface area contributed by atoms with Gasteiger partial charge in [0.2, 0.25) is 0 Å². The Labute approximate surface area is 98.2 Å². The van der Waals surface area contributed by atoms with Crippen molar-refractivity contribution in [2.75, 3.05) is 24.2 Å². The van der Waals surface area contributed by atoms with Crippen molar-refractivity contribution >= 4 is 27.4 Å². The highest BCUT2D eigenvalue weighted by Crippen LogP contribution is 2.23. The zero-order chi connectivity index (χ0) is 11.6. The maximum absolute atomic E-state index is 9.68. The zero-order valence-electron chi connectivity index (χ0n) is 9.16. The minimum atomic E-state index is -0.768. The summed E-state index contributed by atoms with van der Waals surface area (Å²) in [5.74, 6) is 0.681. The van der Waals surface area contributed by atoms with Crippen molar-refractivity contribution < 1.29 is 5.11 Å². The average molecular weight is 274 g/mol. The summed E-state index contributed by atoms with van der Waals surface area (Å²) >= 11 is 3.30. The van der Waals surface area contributed by atoms with E-state index >= 15 is 0 Å². The first-order valence-corrected chi connectivity index (χ1v) is 5.43. The molecule has 15 heavy (non-hydrogen) atoms. The maximum Gasteiger partial charge on any atom is 0.151 e. The van der Waals surface area contributed by atoms with Gasteiger partial charge in [0.25, 0.3) is 0 Å². The van der Waals surface area contributed by atoms with Gasteiger partial charge in [-0.3, -0.25) is 0 Å². The molecule has 1 rings (SSSR count). The zero-order valence-corrected chi connectivity index (χ0v) is 10.7. The molecule has 0 spiro atoms. The van der Waals surface area contributed by atoms with Crippen molar-refractivity contribution in [3.05, 3.63) is 16.7 Å². The second-order valence-corrected chi connectivity index (χ2v) is 5.15. The van der Waals surface area contributed by atoms with Gasteiger partial charge in [-0.25, -0.2) is 4.98 Å². The number of rotatable bonds is 3. The highest BCUT2D eigenvalue weighted by molar-refractivity contribution is 9.10. The number of aromatic nitrogens is 1. The Hall–Kier alpha value is -0.810. The lowest BCUT2D eigenvalue weighted by molar-refractivity contribution is 0.0885. The van der Waals surface area contributed by atoms with Crippen LogP contribution in [-0.2, 0) is 0 Å². The maximum atomic E-state index is 9.68. The summed E-state index contributed by atoms with van der Waals surface area (Å²) in [4.78, 5) is 6.04. The van der Waals surface area contributed by atoms with Crippen LogP contribution in [0.2, 0.25) is 0 Å². The fourth-order valence-corrected chi connectivity index (χ4v) is 1.77. The minimum Gasteiger partial charge on any atom is -0.396 e. The average Bonchev–Trinajstić information content (AvgIpc) is 1.99. The lowest BCUT2D eigenvalue weighted by atomic mass is 10.1. The summed E-state index contributed by atoms with van der Waals surface area (Å²) in [6, 6.07) is 1.79. The van der Waals surface area contributed by atoms with E-state index in [9.17, 15) is 5.11 Å². The van der Waals surface area contributed by atoms with Crippen molar-refractivity contribution in [2.45, 2.75) is 19.4 Å². The second kappa shape index (κ2) is 4.37. The van der Waals surface area contributed by atoms with Crippen LogP contribution >= 0.6 is 15.9 Å². The molecule has 0 fully saturated rings. The molecule has 0 unspecified atom stereocenters. The third-order valence-corrected chi connectivity index (χ3v) is 2.28. The van der Waals surface area contributed by atoms with E-state index in [1.54, 1.807) is 26.1 Å². The molecule has 0 aliphatic carbocycles. The number of pyridine rings is 1. The fourth-order valence-electron chi connectivity index (χ4n) is 1.42. The van der Waals surface area contributed by atoms with Crippen molar-refractivity contribution in [1.29, 1.82) is 0 Å². The van der Waals surface area contributed by atoms with Gasteiger partial charge in [-0.15, -0.1) is 0 Å². The van der Waals surface area contributed by atoms with Gasteiger partial charge < -0.3 is 15.7 Å². The summed E-state index contributed by atoms with van der Waals surface area (Å²) in [5.41, 5.74) is 5.65. The SMILES string of the molecule is CN(CC(C)(C)O)c1ncc(Br)cc1N. The van der Waals surface area contributed by atoms with E-state index in [1.807, 2.05) is 11.9 Å². The number of hydrogen-bond acceptors (Lipinski definition) is 4. The van der Waals surface area contributed by atoms with Crippen molar-refractivity contribution in [1.82, 2.24) is 4.98 Å². The summed E-state index contributed by atoms with van der Waals surface area (Å²) in [5, 5.41) is 9.68. The summed E-state index contributed by atoms with van der Waals surface area (Å²) in [7, 11) is 1.85. The molecule has 0 aromatic carbocycles. The van der Waals surface area contributed by atoms with Gasteiger partial charge in [0.1, 0.15) is 0 Å². The molecule has 0 aliphatic heterocycles. The quantitative estimate of drug-likeness (QED) is 0.879. The van der Waals surface area contributed by atoms with Gasteiger partial charge in [-0.1, -0.05) is 0 Å². The third-order valence-electron chi connectivity index (χ3n) is 1.85. The van der Waals surface area contributed by atoms with Crippen LogP contribution in [0.25, 0.3) is 0 Å². The summed E-state index contributed by atoms with van der Waals surface area (Å²) in [6.07, 6.45) is 1.69. The molecule has 3 N–H and O–H groups in total. The molecule has 0 saturated carbocycles. The van der Waals surface area contributed by atoms with Crippen molar-refractivity contribution in [3.63, 3.8) is 0 Å². The van der Waals surface area contributed by atoms with E-state index in [1.165, 1.54) is 0 Å². The standard InChI is InChI=1S/C10H16BrN3O/c1-10(2,15)6-14(3)9-8(12)4-7(11)5-13-9/h4-5,15H,6,12H2,1-3H3. The summed E-state index contributed by atoms with van der Waals surface area (Å²) in [6.45, 7) is 3.98. The van der Waals surface area contributed by atoms with E-state index in [2.05, 4.69) is 20.9 Å². The fraction of sp³-hybridized carbons (Fsp3) is 0.500. The van der Waals surface area contributed by atoms with Crippen LogP contribution in [0.1, 0.15) is 13.8 Å². The Bertz CT molecular complexity index is 349. The molecule has 1 heterocycles. The van der Waals surface area contributed by atoms with E-state index in [0.29, 0.717) is 18.1 Å². The number of aliphatic hydroxyl groups is 1. The first-order chi connectivity index (χ1) is 6.79. The molecule has 5 heteroatoms. The molecule has 1 aromatic heterocycles. The Morgan fingerprint density at radius 2 is 2.20 bits per heavy atom. The Morgan fingerprint density at radius 1 is 1.60 bits per heavy atom. The van der Waals surface area contributed by atoms with E-state index in [-0.39, 0.29) is 0 Å². The van der Waals surface area contributed by atoms with Crippen LogP contribution < -0.4 is 10.6 Å². The molecule has 0 saturated heterocycles. The van der Waals surface area contributed by atoms with Gasteiger partial charge in [0, 0.05) is 24.3 Å². The van der Waals surface area contributed by atoms with Gasteiger partial charge in [-0.2, -0.15) is 0 Å². The van der Waals surface area contributed by atoms with Crippen LogP contribution in [0, 0.1) is 0 Å². The molecule has 0 amide bonds. The number of hydrogen-bond donors (Lipinski definition) is 2. The first-order valence-electron chi connectivity index (χ1n) is 4.64. The number of halogens is 1. The molecule has 0 radical (unpaired) electrons. The molecule has 0 bridgehead atoms. The Morgan fingerprint density at radius 3 is 2.67 bits per heavy atom. The molecular weight excluding hydrogens is 258 g/mol. The monoisotopic (exact) mass is 273 g/mol. The molecular formula is C10H16BrN3O. The van der Waals surface area contributed by atoms with Gasteiger partial charge in [0.15, 0.2) is 5.82 Å².